The van der Waals surface area contributed by atoms with Crippen molar-refractivity contribution in [3.05, 3.63) is 65.5 Å². The van der Waals surface area contributed by atoms with Gasteiger partial charge in [-0.3, -0.25) is 9.59 Å². The molecule has 2 atom stereocenters. The lowest BCUT2D eigenvalue weighted by atomic mass is 10.0. The molecule has 134 valence electrons. The third kappa shape index (κ3) is 5.31. The number of halogens is 1. The zero-order chi connectivity index (χ0) is 19.1. The van der Waals surface area contributed by atoms with Crippen LogP contribution in [0.5, 0.6) is 5.75 Å². The van der Waals surface area contributed by atoms with Gasteiger partial charge in [-0.2, -0.15) is 5.26 Å². The minimum absolute atomic E-state index is 0.346. The second kappa shape index (κ2) is 8.62. The Labute approximate surface area is 149 Å². The first-order chi connectivity index (χ1) is 12.4. The summed E-state index contributed by atoms with van der Waals surface area (Å²) >= 11 is 0. The van der Waals surface area contributed by atoms with Gasteiger partial charge in [0.1, 0.15) is 11.6 Å². The van der Waals surface area contributed by atoms with Crippen molar-refractivity contribution in [3.63, 3.8) is 0 Å². The number of carboxylic acid groups (broad SMARTS) is 1. The number of hydrogen-bond acceptors (Lipinski definition) is 4. The van der Waals surface area contributed by atoms with E-state index in [9.17, 15) is 14.0 Å². The maximum Gasteiger partial charge on any atom is 0.305 e. The molecular formula is C19H17FN2O4. The summed E-state index contributed by atoms with van der Waals surface area (Å²) in [5.74, 6) is -1.65. The smallest absolute Gasteiger partial charge is 0.305 e. The minimum Gasteiger partial charge on any atom is -0.481 e. The number of amides is 1. The molecule has 2 aromatic carbocycles. The topological polar surface area (TPSA) is 99.4 Å². The molecule has 0 aliphatic heterocycles. The van der Waals surface area contributed by atoms with Crippen molar-refractivity contribution in [1.29, 1.82) is 5.26 Å². The average Bonchev–Trinajstić information content (AvgIpc) is 2.62. The van der Waals surface area contributed by atoms with Crippen LogP contribution in [0.15, 0.2) is 48.5 Å². The molecule has 2 rings (SSSR count). The highest BCUT2D eigenvalue weighted by molar-refractivity contribution is 5.82. The standard InChI is InChI=1S/C19H17FN2O4/c1-12(26-16-8-2-13(11-21)3-9-16)19(25)22-17(10-18(23)24)14-4-6-15(20)7-5-14/h2-9,12,17H,10H2,1H3,(H,22,25)(H,23,24)/t12-,17-/m1/s1. The quantitative estimate of drug-likeness (QED) is 0.795. The highest BCUT2D eigenvalue weighted by Gasteiger charge is 2.22. The molecule has 0 aliphatic carbocycles. The first kappa shape index (κ1) is 18.9. The fourth-order valence-corrected chi connectivity index (χ4v) is 2.28. The van der Waals surface area contributed by atoms with E-state index in [0.29, 0.717) is 16.9 Å². The minimum atomic E-state index is -1.10. The number of hydrogen-bond donors (Lipinski definition) is 2. The van der Waals surface area contributed by atoms with E-state index >= 15 is 0 Å². The van der Waals surface area contributed by atoms with Crippen LogP contribution in [0.3, 0.4) is 0 Å². The lowest BCUT2D eigenvalue weighted by molar-refractivity contribution is -0.138. The number of rotatable bonds is 7. The summed E-state index contributed by atoms with van der Waals surface area (Å²) in [6.07, 6.45) is -1.24. The molecule has 1 amide bonds. The van der Waals surface area contributed by atoms with Crippen molar-refractivity contribution in [3.8, 4) is 11.8 Å². The van der Waals surface area contributed by atoms with Gasteiger partial charge in [-0.1, -0.05) is 12.1 Å². The van der Waals surface area contributed by atoms with E-state index in [1.54, 1.807) is 24.3 Å². The SMILES string of the molecule is C[C@@H](Oc1ccc(C#N)cc1)C(=O)N[C@H](CC(=O)O)c1ccc(F)cc1. The van der Waals surface area contributed by atoms with Crippen LogP contribution in [0.1, 0.15) is 30.5 Å². The highest BCUT2D eigenvalue weighted by atomic mass is 19.1. The predicted octanol–water partition coefficient (Wildman–Crippen LogP) is 2.80. The van der Waals surface area contributed by atoms with Gasteiger partial charge >= 0.3 is 5.97 Å². The Morgan fingerprint density at radius 1 is 1.19 bits per heavy atom. The van der Waals surface area contributed by atoms with E-state index in [4.69, 9.17) is 15.1 Å². The summed E-state index contributed by atoms with van der Waals surface area (Å²) in [4.78, 5) is 23.4. The molecule has 0 aromatic heterocycles. The van der Waals surface area contributed by atoms with Crippen LogP contribution >= 0.6 is 0 Å². The number of nitrogens with zero attached hydrogens (tertiary/aromatic N) is 1. The second-order valence-corrected chi connectivity index (χ2v) is 5.61. The molecule has 0 fully saturated rings. The van der Waals surface area contributed by atoms with Gasteiger partial charge in [0.15, 0.2) is 6.10 Å². The van der Waals surface area contributed by atoms with E-state index in [-0.39, 0.29) is 6.42 Å². The molecule has 0 unspecified atom stereocenters. The van der Waals surface area contributed by atoms with E-state index in [1.165, 1.54) is 31.2 Å². The molecule has 26 heavy (non-hydrogen) atoms. The zero-order valence-corrected chi connectivity index (χ0v) is 14.0. The van der Waals surface area contributed by atoms with Crippen molar-refractivity contribution < 1.29 is 23.8 Å². The number of carboxylic acids is 1. The highest BCUT2D eigenvalue weighted by Crippen LogP contribution is 2.19. The Hall–Kier alpha value is -3.40. The number of nitrogens with one attached hydrogen (secondary N) is 1. The number of nitriles is 1. The molecule has 2 N–H and O–H groups in total. The number of ether oxygens (including phenoxy) is 1. The summed E-state index contributed by atoms with van der Waals surface area (Å²) < 4.78 is 18.6. The van der Waals surface area contributed by atoms with Crippen molar-refractivity contribution >= 4 is 11.9 Å². The lowest BCUT2D eigenvalue weighted by Crippen LogP contribution is -2.39. The lowest BCUT2D eigenvalue weighted by Gasteiger charge is -2.21. The van der Waals surface area contributed by atoms with Gasteiger partial charge in [0.25, 0.3) is 5.91 Å². The second-order valence-electron chi connectivity index (χ2n) is 5.61. The summed E-state index contributed by atoms with van der Waals surface area (Å²) in [6.45, 7) is 1.52. The summed E-state index contributed by atoms with van der Waals surface area (Å²) in [6, 6.07) is 12.7. The van der Waals surface area contributed by atoms with Crippen molar-refractivity contribution in [2.24, 2.45) is 0 Å². The molecule has 0 radical (unpaired) electrons. The first-order valence-corrected chi connectivity index (χ1v) is 7.83. The predicted molar refractivity (Wildman–Crippen MR) is 90.8 cm³/mol. The van der Waals surface area contributed by atoms with Gasteiger partial charge in [0, 0.05) is 0 Å². The van der Waals surface area contributed by atoms with Gasteiger partial charge < -0.3 is 15.2 Å². The largest absolute Gasteiger partial charge is 0.481 e. The van der Waals surface area contributed by atoms with Crippen LogP contribution in [-0.2, 0) is 9.59 Å². The number of aliphatic carboxylic acids is 1. The van der Waals surface area contributed by atoms with Crippen molar-refractivity contribution in [2.75, 3.05) is 0 Å². The molecule has 2 aromatic rings. The van der Waals surface area contributed by atoms with Crippen LogP contribution in [0.4, 0.5) is 4.39 Å². The van der Waals surface area contributed by atoms with E-state index in [2.05, 4.69) is 5.32 Å². The van der Waals surface area contributed by atoms with Crippen LogP contribution < -0.4 is 10.1 Å². The fraction of sp³-hybridized carbons (Fsp3) is 0.211. The summed E-state index contributed by atoms with van der Waals surface area (Å²) in [5, 5.41) is 20.4. The molecule has 6 nitrogen and oxygen atoms in total. The average molecular weight is 356 g/mol. The monoisotopic (exact) mass is 356 g/mol. The molecule has 0 saturated carbocycles. The van der Waals surface area contributed by atoms with Gasteiger partial charge in [-0.15, -0.1) is 0 Å². The Morgan fingerprint density at radius 2 is 1.81 bits per heavy atom. The third-order valence-corrected chi connectivity index (χ3v) is 3.63. The summed E-state index contributed by atoms with van der Waals surface area (Å²) in [5.41, 5.74) is 0.944. The van der Waals surface area contributed by atoms with E-state index < -0.39 is 29.8 Å². The Balaban J connectivity index is 2.06. The normalized spacial score (nSPS) is 12.5. The molecular weight excluding hydrogens is 339 g/mol. The van der Waals surface area contributed by atoms with Gasteiger partial charge in [0.2, 0.25) is 0 Å². The molecule has 0 heterocycles. The van der Waals surface area contributed by atoms with Gasteiger partial charge in [-0.05, 0) is 48.9 Å². The number of carbonyl (C=O) groups is 2. The van der Waals surface area contributed by atoms with Crippen LogP contribution in [0.25, 0.3) is 0 Å². The van der Waals surface area contributed by atoms with E-state index in [0.717, 1.165) is 0 Å². The number of carbonyl (C=O) groups excluding carboxylic acids is 1. The van der Waals surface area contributed by atoms with Gasteiger partial charge in [0.05, 0.1) is 24.1 Å². The number of benzene rings is 2. The van der Waals surface area contributed by atoms with Crippen LogP contribution in [0, 0.1) is 17.1 Å². The first-order valence-electron chi connectivity index (χ1n) is 7.83. The van der Waals surface area contributed by atoms with Crippen LogP contribution in [-0.4, -0.2) is 23.1 Å². The van der Waals surface area contributed by atoms with Crippen molar-refractivity contribution in [1.82, 2.24) is 5.32 Å². The van der Waals surface area contributed by atoms with Gasteiger partial charge in [-0.25, -0.2) is 4.39 Å². The zero-order valence-electron chi connectivity index (χ0n) is 14.0. The molecule has 0 spiro atoms. The Bertz CT molecular complexity index is 813. The maximum atomic E-state index is 13.1. The van der Waals surface area contributed by atoms with E-state index in [1.807, 2.05) is 6.07 Å². The van der Waals surface area contributed by atoms with Crippen molar-refractivity contribution in [2.45, 2.75) is 25.5 Å². The molecule has 0 bridgehead atoms. The Kier molecular flexibility index (Phi) is 6.28. The molecule has 0 saturated heterocycles. The van der Waals surface area contributed by atoms with Crippen LogP contribution in [0.2, 0.25) is 0 Å². The summed E-state index contributed by atoms with van der Waals surface area (Å²) in [7, 11) is 0. The maximum absolute atomic E-state index is 13.1. The third-order valence-electron chi connectivity index (χ3n) is 3.63. The fourth-order valence-electron chi connectivity index (χ4n) is 2.28. The molecule has 7 heteroatoms. The Morgan fingerprint density at radius 3 is 2.35 bits per heavy atom. The molecule has 0 aliphatic rings.